The maximum atomic E-state index is 12.6. The Balaban J connectivity index is 2.88. The van der Waals surface area contributed by atoms with Crippen molar-refractivity contribution >= 4 is 11.9 Å². The first-order valence-electron chi connectivity index (χ1n) is 7.57. The van der Waals surface area contributed by atoms with Crippen LogP contribution in [0.4, 0.5) is 4.79 Å². The second kappa shape index (κ2) is 6.95. The lowest BCUT2D eigenvalue weighted by atomic mass is 9.84. The number of ether oxygens (including phenoxy) is 1. The second-order valence-corrected chi connectivity index (χ2v) is 7.50. The average molecular weight is 305 g/mol. The van der Waals surface area contributed by atoms with E-state index in [4.69, 9.17) is 4.74 Å². The number of alkyl carbamates (subject to hydrolysis) is 1. The average Bonchev–Trinajstić information content (AvgIpc) is 2.35. The highest BCUT2D eigenvalue weighted by molar-refractivity contribution is 5.91. The quantitative estimate of drug-likeness (QED) is 0.922. The molecule has 122 valence electrons. The van der Waals surface area contributed by atoms with E-state index in [1.165, 1.54) is 0 Å². The summed E-state index contributed by atoms with van der Waals surface area (Å²) < 4.78 is 5.27. The van der Waals surface area contributed by atoms with Crippen molar-refractivity contribution in [3.63, 3.8) is 0 Å². The first-order chi connectivity index (χ1) is 9.99. The van der Waals surface area contributed by atoms with Crippen LogP contribution in [0.1, 0.15) is 47.1 Å². The lowest BCUT2D eigenvalue weighted by Gasteiger charge is -2.27. The van der Waals surface area contributed by atoms with Crippen molar-refractivity contribution in [3.8, 4) is 0 Å². The van der Waals surface area contributed by atoms with Gasteiger partial charge in [0, 0.05) is 5.41 Å². The number of carbonyl (C=O) groups excluding carboxylic acids is 2. The fraction of sp³-hybridized carbons (Fsp3) is 0.556. The molecule has 0 heterocycles. The summed E-state index contributed by atoms with van der Waals surface area (Å²) in [6, 6.07) is 9.05. The van der Waals surface area contributed by atoms with Crippen LogP contribution in [-0.2, 0) is 16.0 Å². The van der Waals surface area contributed by atoms with Gasteiger partial charge in [0.1, 0.15) is 5.60 Å². The minimum atomic E-state index is -0.600. The van der Waals surface area contributed by atoms with Crippen molar-refractivity contribution < 1.29 is 14.3 Å². The van der Waals surface area contributed by atoms with Crippen LogP contribution in [0.2, 0.25) is 0 Å². The van der Waals surface area contributed by atoms with Gasteiger partial charge in [-0.15, -0.1) is 0 Å². The fourth-order valence-corrected chi connectivity index (χ4v) is 2.03. The Kier molecular flexibility index (Phi) is 5.75. The molecule has 0 aliphatic heterocycles. The molecular formula is C18H27NO3. The van der Waals surface area contributed by atoms with Crippen molar-refractivity contribution in [3.05, 3.63) is 35.9 Å². The predicted molar refractivity (Wildman–Crippen MR) is 87.8 cm³/mol. The third kappa shape index (κ3) is 6.29. The van der Waals surface area contributed by atoms with Gasteiger partial charge >= 0.3 is 6.09 Å². The first kappa shape index (κ1) is 18.2. The highest BCUT2D eigenvalue weighted by Gasteiger charge is 2.32. The maximum Gasteiger partial charge on any atom is 0.408 e. The summed E-state index contributed by atoms with van der Waals surface area (Å²) in [6.45, 7) is 10.9. The zero-order valence-corrected chi connectivity index (χ0v) is 14.4. The van der Waals surface area contributed by atoms with E-state index >= 15 is 0 Å². The van der Waals surface area contributed by atoms with Gasteiger partial charge in [0.2, 0.25) is 0 Å². The Labute approximate surface area is 133 Å². The fourth-order valence-electron chi connectivity index (χ4n) is 2.03. The van der Waals surface area contributed by atoms with Gasteiger partial charge in [-0.1, -0.05) is 51.1 Å². The topological polar surface area (TPSA) is 55.4 Å². The van der Waals surface area contributed by atoms with Crippen molar-refractivity contribution in [1.29, 1.82) is 0 Å². The number of rotatable bonds is 4. The zero-order chi connectivity index (χ0) is 17.0. The minimum Gasteiger partial charge on any atom is -0.444 e. The number of ketones is 1. The van der Waals surface area contributed by atoms with E-state index in [0.29, 0.717) is 6.42 Å². The largest absolute Gasteiger partial charge is 0.444 e. The number of hydrogen-bond donors (Lipinski definition) is 1. The molecule has 0 saturated heterocycles. The van der Waals surface area contributed by atoms with Crippen LogP contribution < -0.4 is 5.32 Å². The van der Waals surface area contributed by atoms with E-state index in [1.54, 1.807) is 20.8 Å². The SMILES string of the molecule is CC(C)(C)OC(=O)N[C@@H](Cc1ccccc1)C(=O)C(C)(C)C. The van der Waals surface area contributed by atoms with Gasteiger partial charge in [0.25, 0.3) is 0 Å². The highest BCUT2D eigenvalue weighted by Crippen LogP contribution is 2.19. The molecule has 0 fully saturated rings. The van der Waals surface area contributed by atoms with Gasteiger partial charge in [0.05, 0.1) is 6.04 Å². The molecule has 0 aromatic heterocycles. The third-order valence-corrected chi connectivity index (χ3v) is 3.03. The van der Waals surface area contributed by atoms with Crippen molar-refractivity contribution in [2.24, 2.45) is 5.41 Å². The van der Waals surface area contributed by atoms with E-state index in [2.05, 4.69) is 5.32 Å². The third-order valence-electron chi connectivity index (χ3n) is 3.03. The monoisotopic (exact) mass is 305 g/mol. The number of amides is 1. The van der Waals surface area contributed by atoms with E-state index in [1.807, 2.05) is 51.1 Å². The summed E-state index contributed by atoms with van der Waals surface area (Å²) in [7, 11) is 0. The molecule has 4 heteroatoms. The molecule has 0 radical (unpaired) electrons. The molecule has 0 spiro atoms. The van der Waals surface area contributed by atoms with Gasteiger partial charge in [-0.05, 0) is 32.8 Å². The molecule has 1 atom stereocenters. The molecule has 1 rings (SSSR count). The van der Waals surface area contributed by atoms with E-state index in [0.717, 1.165) is 5.56 Å². The molecule has 4 nitrogen and oxygen atoms in total. The lowest BCUT2D eigenvalue weighted by Crippen LogP contribution is -2.48. The van der Waals surface area contributed by atoms with Crippen LogP contribution >= 0.6 is 0 Å². The molecule has 0 unspecified atom stereocenters. The zero-order valence-electron chi connectivity index (χ0n) is 14.4. The first-order valence-corrected chi connectivity index (χ1v) is 7.57. The lowest BCUT2D eigenvalue weighted by molar-refractivity contribution is -0.128. The molecule has 1 aromatic rings. The Morgan fingerprint density at radius 2 is 1.59 bits per heavy atom. The molecule has 0 bridgehead atoms. The van der Waals surface area contributed by atoms with Crippen LogP contribution in [-0.4, -0.2) is 23.5 Å². The molecule has 1 N–H and O–H groups in total. The number of hydrogen-bond acceptors (Lipinski definition) is 3. The molecule has 22 heavy (non-hydrogen) atoms. The van der Waals surface area contributed by atoms with Gasteiger partial charge in [-0.25, -0.2) is 4.79 Å². The number of benzene rings is 1. The summed E-state index contributed by atoms with van der Waals surface area (Å²) >= 11 is 0. The Bertz CT molecular complexity index is 509. The standard InChI is InChI=1S/C18H27NO3/c1-17(2,3)15(20)14(12-13-10-8-7-9-11-13)19-16(21)22-18(4,5)6/h7-11,14H,12H2,1-6H3,(H,19,21)/t14-/m0/s1. The normalized spacial score (nSPS) is 13.4. The van der Waals surface area contributed by atoms with E-state index in [-0.39, 0.29) is 5.78 Å². The Hall–Kier alpha value is -1.84. The summed E-state index contributed by atoms with van der Waals surface area (Å²) in [5.74, 6) is -0.0118. The van der Waals surface area contributed by atoms with Gasteiger partial charge in [0.15, 0.2) is 5.78 Å². The van der Waals surface area contributed by atoms with Crippen molar-refractivity contribution in [2.75, 3.05) is 0 Å². The van der Waals surface area contributed by atoms with Gasteiger partial charge in [-0.3, -0.25) is 4.79 Å². The van der Waals surface area contributed by atoms with Crippen LogP contribution in [0, 0.1) is 5.41 Å². The molecular weight excluding hydrogens is 278 g/mol. The Morgan fingerprint density at radius 1 is 1.05 bits per heavy atom. The van der Waals surface area contributed by atoms with Crippen LogP contribution in [0.25, 0.3) is 0 Å². The van der Waals surface area contributed by atoms with E-state index < -0.39 is 23.2 Å². The summed E-state index contributed by atoms with van der Waals surface area (Å²) in [5.41, 5.74) is -0.123. The molecule has 0 aliphatic carbocycles. The van der Waals surface area contributed by atoms with Crippen LogP contribution in [0.5, 0.6) is 0 Å². The molecule has 1 aromatic carbocycles. The van der Waals surface area contributed by atoms with Gasteiger partial charge in [-0.2, -0.15) is 0 Å². The number of carbonyl (C=O) groups is 2. The van der Waals surface area contributed by atoms with Crippen LogP contribution in [0.15, 0.2) is 30.3 Å². The summed E-state index contributed by atoms with van der Waals surface area (Å²) in [4.78, 5) is 24.6. The van der Waals surface area contributed by atoms with E-state index in [9.17, 15) is 9.59 Å². The maximum absolute atomic E-state index is 12.6. The number of nitrogens with one attached hydrogen (secondary N) is 1. The molecule has 1 amide bonds. The van der Waals surface area contributed by atoms with Gasteiger partial charge < -0.3 is 10.1 Å². The second-order valence-electron chi connectivity index (χ2n) is 7.50. The molecule has 0 saturated carbocycles. The summed E-state index contributed by atoms with van der Waals surface area (Å²) in [5, 5.41) is 2.72. The summed E-state index contributed by atoms with van der Waals surface area (Å²) in [6.07, 6.45) is -0.109. The molecule has 0 aliphatic rings. The Morgan fingerprint density at radius 3 is 2.05 bits per heavy atom. The minimum absolute atomic E-state index is 0.0118. The smallest absolute Gasteiger partial charge is 0.408 e. The van der Waals surface area contributed by atoms with Crippen LogP contribution in [0.3, 0.4) is 0 Å². The number of Topliss-reactive ketones (excluding diaryl/α,β-unsaturated/α-hetero) is 1. The highest BCUT2D eigenvalue weighted by atomic mass is 16.6. The van der Waals surface area contributed by atoms with Crippen molar-refractivity contribution in [2.45, 2.75) is 59.6 Å². The van der Waals surface area contributed by atoms with Crippen molar-refractivity contribution in [1.82, 2.24) is 5.32 Å². The predicted octanol–water partition coefficient (Wildman–Crippen LogP) is 3.74.